The lowest BCUT2D eigenvalue weighted by atomic mass is 11.0. The third kappa shape index (κ3) is 2.07. The first-order valence-electron chi connectivity index (χ1n) is 2.18. The van der Waals surface area contributed by atoms with Crippen molar-refractivity contribution >= 4 is 16.1 Å². The largest absolute Gasteiger partial charge is 0.459 e. The molecule has 0 aromatic rings. The van der Waals surface area contributed by atoms with Crippen LogP contribution >= 0.6 is 0 Å². The van der Waals surface area contributed by atoms with Crippen LogP contribution in [-0.4, -0.2) is 22.4 Å². The number of hydrogen-bond acceptors (Lipinski definition) is 3. The molecule has 48 valence electrons. The SMILES string of the molecule is CCS(=O)C(=O)OC. The van der Waals surface area contributed by atoms with Gasteiger partial charge in [0.2, 0.25) is 0 Å². The Balaban J connectivity index is 3.64. The maximum absolute atomic E-state index is 10.4. The molecule has 0 amide bonds. The van der Waals surface area contributed by atoms with Gasteiger partial charge in [0.15, 0.2) is 0 Å². The Labute approximate surface area is 50.5 Å². The number of methoxy groups -OCH3 is 1. The summed E-state index contributed by atoms with van der Waals surface area (Å²) in [5, 5.41) is -0.646. The molecule has 0 aliphatic carbocycles. The van der Waals surface area contributed by atoms with Crippen LogP contribution in [-0.2, 0) is 15.5 Å². The zero-order chi connectivity index (χ0) is 6.57. The fraction of sp³-hybridized carbons (Fsp3) is 0.750. The molecule has 0 aromatic heterocycles. The molecule has 0 heterocycles. The monoisotopic (exact) mass is 136 g/mol. The molecule has 0 aromatic carbocycles. The van der Waals surface area contributed by atoms with Crippen molar-refractivity contribution in [1.29, 1.82) is 0 Å². The molecule has 0 aliphatic rings. The van der Waals surface area contributed by atoms with Crippen LogP contribution in [0.3, 0.4) is 0 Å². The minimum absolute atomic E-state index is 0.326. The summed E-state index contributed by atoms with van der Waals surface area (Å²) in [5.41, 5.74) is 0. The van der Waals surface area contributed by atoms with Crippen molar-refractivity contribution in [3.05, 3.63) is 0 Å². The number of rotatable bonds is 1. The van der Waals surface area contributed by atoms with Crippen LogP contribution < -0.4 is 0 Å². The van der Waals surface area contributed by atoms with Crippen LogP contribution in [0.15, 0.2) is 0 Å². The number of ether oxygens (including phenoxy) is 1. The standard InChI is InChI=1S/C4H8O3S/c1-3-8(6)4(5)7-2/h3H2,1-2H3. The van der Waals surface area contributed by atoms with E-state index in [0.717, 1.165) is 0 Å². The van der Waals surface area contributed by atoms with E-state index in [1.54, 1.807) is 6.92 Å². The Hall–Kier alpha value is -0.380. The highest BCUT2D eigenvalue weighted by atomic mass is 32.2. The van der Waals surface area contributed by atoms with Gasteiger partial charge in [-0.15, -0.1) is 0 Å². The van der Waals surface area contributed by atoms with Gasteiger partial charge in [-0.05, 0) is 0 Å². The van der Waals surface area contributed by atoms with Gasteiger partial charge in [0.25, 0.3) is 0 Å². The molecule has 0 rings (SSSR count). The molecule has 8 heavy (non-hydrogen) atoms. The molecule has 1 atom stereocenters. The lowest BCUT2D eigenvalue weighted by molar-refractivity contribution is 0.199. The topological polar surface area (TPSA) is 43.4 Å². The first kappa shape index (κ1) is 7.62. The van der Waals surface area contributed by atoms with Crippen molar-refractivity contribution in [3.63, 3.8) is 0 Å². The second-order valence-electron chi connectivity index (χ2n) is 1.09. The quantitative estimate of drug-likeness (QED) is 0.493. The summed E-state index contributed by atoms with van der Waals surface area (Å²) < 4.78 is 14.5. The second kappa shape index (κ2) is 3.60. The highest BCUT2D eigenvalue weighted by Gasteiger charge is 2.06. The van der Waals surface area contributed by atoms with Crippen molar-refractivity contribution in [2.45, 2.75) is 6.92 Å². The molecule has 1 unspecified atom stereocenters. The van der Waals surface area contributed by atoms with E-state index in [2.05, 4.69) is 4.74 Å². The van der Waals surface area contributed by atoms with E-state index < -0.39 is 16.1 Å². The average Bonchev–Trinajstić information content (AvgIpc) is 1.84. The molecule has 4 heteroatoms. The predicted molar refractivity (Wildman–Crippen MR) is 31.1 cm³/mol. The van der Waals surface area contributed by atoms with E-state index in [0.29, 0.717) is 5.75 Å². The van der Waals surface area contributed by atoms with Crippen LogP contribution in [0.2, 0.25) is 0 Å². The van der Waals surface area contributed by atoms with Gasteiger partial charge in [-0.25, -0.2) is 9.00 Å². The lowest BCUT2D eigenvalue weighted by Crippen LogP contribution is -2.07. The summed E-state index contributed by atoms with van der Waals surface area (Å²) in [4.78, 5) is 10.2. The van der Waals surface area contributed by atoms with Gasteiger partial charge in [0.1, 0.15) is 10.8 Å². The van der Waals surface area contributed by atoms with Gasteiger partial charge < -0.3 is 4.74 Å². The van der Waals surface area contributed by atoms with Gasteiger partial charge in [-0.2, -0.15) is 0 Å². The molecule has 0 spiro atoms. The van der Waals surface area contributed by atoms with Gasteiger partial charge >= 0.3 is 5.30 Å². The smallest absolute Gasteiger partial charge is 0.397 e. The van der Waals surface area contributed by atoms with E-state index in [1.165, 1.54) is 7.11 Å². The van der Waals surface area contributed by atoms with Crippen LogP contribution in [0, 0.1) is 0 Å². The van der Waals surface area contributed by atoms with E-state index in [1.807, 2.05) is 0 Å². The van der Waals surface area contributed by atoms with Crippen LogP contribution in [0.1, 0.15) is 6.92 Å². The summed E-state index contributed by atoms with van der Waals surface area (Å²) >= 11 is 0. The molecule has 0 fully saturated rings. The number of carbonyl (C=O) groups excluding carboxylic acids is 1. The van der Waals surface area contributed by atoms with Crippen molar-refractivity contribution < 1.29 is 13.7 Å². The van der Waals surface area contributed by atoms with Crippen molar-refractivity contribution in [3.8, 4) is 0 Å². The molecule has 0 radical (unpaired) electrons. The third-order valence-corrected chi connectivity index (χ3v) is 1.68. The summed E-state index contributed by atoms with van der Waals surface area (Å²) in [5.74, 6) is 0.326. The van der Waals surface area contributed by atoms with Gasteiger partial charge in [0.05, 0.1) is 7.11 Å². The maximum Gasteiger partial charge on any atom is 0.397 e. The normalized spacial score (nSPS) is 12.8. The van der Waals surface area contributed by atoms with Crippen LogP contribution in [0.5, 0.6) is 0 Å². The predicted octanol–water partition coefficient (Wildman–Crippen LogP) is 0.521. The molecule has 0 bridgehead atoms. The van der Waals surface area contributed by atoms with Crippen molar-refractivity contribution in [1.82, 2.24) is 0 Å². The average molecular weight is 136 g/mol. The first-order valence-corrected chi connectivity index (χ1v) is 3.50. The molecule has 0 saturated heterocycles. The summed E-state index contributed by atoms with van der Waals surface area (Å²) in [6.07, 6.45) is 0. The van der Waals surface area contributed by atoms with E-state index >= 15 is 0 Å². The van der Waals surface area contributed by atoms with Crippen molar-refractivity contribution in [2.24, 2.45) is 0 Å². The van der Waals surface area contributed by atoms with E-state index in [-0.39, 0.29) is 0 Å². The number of hydrogen-bond donors (Lipinski definition) is 0. The van der Waals surface area contributed by atoms with Gasteiger partial charge in [0, 0.05) is 5.75 Å². The summed E-state index contributed by atoms with van der Waals surface area (Å²) in [6.45, 7) is 1.66. The Bertz CT molecular complexity index is 95.9. The molecular formula is C4H8O3S. The highest BCUT2D eigenvalue weighted by Crippen LogP contribution is 1.85. The zero-order valence-corrected chi connectivity index (χ0v) is 5.66. The first-order chi connectivity index (χ1) is 3.72. The Morgan fingerprint density at radius 1 is 1.75 bits per heavy atom. The summed E-state index contributed by atoms with van der Waals surface area (Å²) in [7, 11) is -0.215. The Morgan fingerprint density at radius 2 is 2.25 bits per heavy atom. The molecule has 3 nitrogen and oxygen atoms in total. The van der Waals surface area contributed by atoms with Gasteiger partial charge in [-0.1, -0.05) is 6.92 Å². The fourth-order valence-electron chi connectivity index (χ4n) is 0.211. The zero-order valence-electron chi connectivity index (χ0n) is 4.84. The maximum atomic E-state index is 10.4. The lowest BCUT2D eigenvalue weighted by Gasteiger charge is -1.91. The van der Waals surface area contributed by atoms with E-state index in [4.69, 9.17) is 0 Å². The third-order valence-electron chi connectivity index (χ3n) is 0.615. The Kier molecular flexibility index (Phi) is 3.43. The summed E-state index contributed by atoms with van der Waals surface area (Å²) in [6, 6.07) is 0. The van der Waals surface area contributed by atoms with E-state index in [9.17, 15) is 9.00 Å². The fourth-order valence-corrected chi connectivity index (χ4v) is 0.632. The second-order valence-corrected chi connectivity index (χ2v) is 2.69. The highest BCUT2D eigenvalue weighted by molar-refractivity contribution is 7.99. The Morgan fingerprint density at radius 3 is 2.38 bits per heavy atom. The van der Waals surface area contributed by atoms with Crippen LogP contribution in [0.4, 0.5) is 4.79 Å². The molecule has 0 N–H and O–H groups in total. The van der Waals surface area contributed by atoms with Crippen LogP contribution in [0.25, 0.3) is 0 Å². The minimum Gasteiger partial charge on any atom is -0.459 e. The number of carbonyl (C=O) groups is 1. The molecule has 0 aliphatic heterocycles. The molecule has 0 saturated carbocycles. The molecular weight excluding hydrogens is 128 g/mol. The minimum atomic E-state index is -1.43. The van der Waals surface area contributed by atoms with Crippen molar-refractivity contribution in [2.75, 3.05) is 12.9 Å². The van der Waals surface area contributed by atoms with Gasteiger partial charge in [-0.3, -0.25) is 0 Å².